The van der Waals surface area contributed by atoms with Crippen molar-refractivity contribution in [2.24, 2.45) is 0 Å². The number of hydrogen-bond acceptors (Lipinski definition) is 3. The number of thioether (sulfide) groups is 2. The topological polar surface area (TPSA) is 20.2 Å². The highest BCUT2D eigenvalue weighted by Gasteiger charge is 2.35. The van der Waals surface area contributed by atoms with Crippen LogP contribution in [-0.2, 0) is 0 Å². The summed E-state index contributed by atoms with van der Waals surface area (Å²) in [5.74, 6) is 0.882. The lowest BCUT2D eigenvalue weighted by atomic mass is 10.2. The van der Waals surface area contributed by atoms with Gasteiger partial charge in [-0.25, -0.2) is 0 Å². The molecule has 0 spiro atoms. The molecule has 0 saturated carbocycles. The fraction of sp³-hybridized carbons (Fsp3) is 1.00. The van der Waals surface area contributed by atoms with E-state index >= 15 is 0 Å². The monoisotopic (exact) mass is 206 g/mol. The third-order valence-electron chi connectivity index (χ3n) is 2.19. The van der Waals surface area contributed by atoms with E-state index in [0.29, 0.717) is 5.25 Å². The van der Waals surface area contributed by atoms with Crippen molar-refractivity contribution in [3.8, 4) is 0 Å². The molecule has 0 aliphatic carbocycles. The van der Waals surface area contributed by atoms with Crippen LogP contribution in [0.4, 0.5) is 0 Å². The van der Waals surface area contributed by atoms with Crippen molar-refractivity contribution in [1.29, 1.82) is 0 Å². The first-order valence-electron chi connectivity index (χ1n) is 4.61. The maximum Gasteiger partial charge on any atom is 0.117 e. The molecule has 3 unspecified atom stereocenters. The average Bonchev–Trinajstić information content (AvgIpc) is 2.03. The predicted octanol–water partition coefficient (Wildman–Crippen LogP) is 2.73. The highest BCUT2D eigenvalue weighted by atomic mass is 32.2. The quantitative estimate of drug-likeness (QED) is 0.750. The molecular weight excluding hydrogens is 188 g/mol. The van der Waals surface area contributed by atoms with Gasteiger partial charge in [-0.3, -0.25) is 0 Å². The first-order chi connectivity index (χ1) is 5.59. The molecule has 3 atom stereocenters. The third-order valence-corrected chi connectivity index (χ3v) is 5.98. The van der Waals surface area contributed by atoms with Gasteiger partial charge in [0.05, 0.1) is 0 Å². The van der Waals surface area contributed by atoms with Crippen molar-refractivity contribution in [2.75, 3.05) is 5.75 Å². The molecule has 0 aromatic carbocycles. The van der Waals surface area contributed by atoms with Crippen LogP contribution in [0.25, 0.3) is 0 Å². The summed E-state index contributed by atoms with van der Waals surface area (Å²) in [4.78, 5) is -0.489. The summed E-state index contributed by atoms with van der Waals surface area (Å²) in [6.07, 6.45) is 2.40. The van der Waals surface area contributed by atoms with E-state index in [-0.39, 0.29) is 0 Å². The van der Waals surface area contributed by atoms with Crippen molar-refractivity contribution in [1.82, 2.24) is 0 Å². The van der Waals surface area contributed by atoms with E-state index in [1.54, 1.807) is 11.8 Å². The molecule has 1 aliphatic rings. The van der Waals surface area contributed by atoms with Crippen LogP contribution in [0.1, 0.15) is 33.6 Å². The van der Waals surface area contributed by atoms with E-state index in [1.165, 1.54) is 12.8 Å². The maximum absolute atomic E-state index is 9.83. The summed E-state index contributed by atoms with van der Waals surface area (Å²) in [7, 11) is 0. The molecule has 1 aliphatic heterocycles. The first kappa shape index (κ1) is 10.7. The van der Waals surface area contributed by atoms with Gasteiger partial charge in [-0.1, -0.05) is 13.8 Å². The van der Waals surface area contributed by atoms with Crippen LogP contribution < -0.4 is 0 Å². The van der Waals surface area contributed by atoms with Crippen molar-refractivity contribution in [3.05, 3.63) is 0 Å². The minimum atomic E-state index is -0.489. The van der Waals surface area contributed by atoms with Gasteiger partial charge in [-0.15, -0.1) is 11.8 Å². The van der Waals surface area contributed by atoms with Crippen LogP contribution >= 0.6 is 23.5 Å². The molecule has 0 radical (unpaired) electrons. The summed E-state index contributed by atoms with van der Waals surface area (Å²) in [5, 5.41) is 11.2. The van der Waals surface area contributed by atoms with E-state index in [1.807, 2.05) is 18.7 Å². The van der Waals surface area contributed by atoms with Gasteiger partial charge in [-0.05, 0) is 19.8 Å². The van der Waals surface area contributed by atoms with E-state index in [0.717, 1.165) is 11.0 Å². The molecule has 0 aromatic rings. The number of hydrogen-bond donors (Lipinski definition) is 1. The normalized spacial score (nSPS) is 43.0. The van der Waals surface area contributed by atoms with Gasteiger partial charge in [0.15, 0.2) is 0 Å². The summed E-state index contributed by atoms with van der Waals surface area (Å²) >= 11 is 3.69. The fourth-order valence-corrected chi connectivity index (χ4v) is 4.74. The highest BCUT2D eigenvalue weighted by Crippen LogP contribution is 2.43. The van der Waals surface area contributed by atoms with Crippen LogP contribution in [-0.4, -0.2) is 26.3 Å². The Morgan fingerprint density at radius 2 is 1.92 bits per heavy atom. The number of aliphatic hydroxyl groups is 1. The molecular formula is C9H18OS2. The zero-order valence-corrected chi connectivity index (χ0v) is 9.67. The smallest absolute Gasteiger partial charge is 0.117 e. The zero-order chi connectivity index (χ0) is 9.19. The third kappa shape index (κ3) is 2.57. The Morgan fingerprint density at radius 3 is 2.42 bits per heavy atom. The van der Waals surface area contributed by atoms with E-state index in [9.17, 15) is 5.11 Å². The van der Waals surface area contributed by atoms with Crippen molar-refractivity contribution in [2.45, 2.75) is 49.0 Å². The molecule has 0 aromatic heterocycles. The molecule has 3 heteroatoms. The van der Waals surface area contributed by atoms with Gasteiger partial charge in [0.25, 0.3) is 0 Å². The minimum Gasteiger partial charge on any atom is -0.379 e. The van der Waals surface area contributed by atoms with Crippen LogP contribution in [0.3, 0.4) is 0 Å². The average molecular weight is 206 g/mol. The summed E-state index contributed by atoms with van der Waals surface area (Å²) < 4.78 is 0. The SMILES string of the molecule is CCC1SCC(C)(O)SC1CC. The van der Waals surface area contributed by atoms with Crippen LogP contribution in [0.2, 0.25) is 0 Å². The van der Waals surface area contributed by atoms with Crippen molar-refractivity contribution >= 4 is 23.5 Å². The summed E-state index contributed by atoms with van der Waals surface area (Å²) in [5.41, 5.74) is 0. The standard InChI is InChI=1S/C9H18OS2/c1-4-7-8(5-2)12-9(3,10)6-11-7/h7-8,10H,4-6H2,1-3H3. The molecule has 0 bridgehead atoms. The lowest BCUT2D eigenvalue weighted by Crippen LogP contribution is -2.37. The Hall–Kier alpha value is 0.660. The Kier molecular flexibility index (Phi) is 3.80. The van der Waals surface area contributed by atoms with E-state index < -0.39 is 4.93 Å². The first-order valence-corrected chi connectivity index (χ1v) is 6.53. The molecule has 1 rings (SSSR count). The van der Waals surface area contributed by atoms with Gasteiger partial charge in [0.1, 0.15) is 4.93 Å². The maximum atomic E-state index is 9.83. The van der Waals surface area contributed by atoms with Crippen LogP contribution in [0.15, 0.2) is 0 Å². The van der Waals surface area contributed by atoms with Gasteiger partial charge >= 0.3 is 0 Å². The van der Waals surface area contributed by atoms with Crippen LogP contribution in [0.5, 0.6) is 0 Å². The van der Waals surface area contributed by atoms with Gasteiger partial charge in [0, 0.05) is 16.3 Å². The van der Waals surface area contributed by atoms with Gasteiger partial charge in [-0.2, -0.15) is 11.8 Å². The molecule has 1 fully saturated rings. The molecule has 12 heavy (non-hydrogen) atoms. The van der Waals surface area contributed by atoms with Crippen molar-refractivity contribution in [3.63, 3.8) is 0 Å². The Labute approximate surface area is 83.7 Å². The summed E-state index contributed by atoms with van der Waals surface area (Å²) in [6, 6.07) is 0. The lowest BCUT2D eigenvalue weighted by Gasteiger charge is -2.38. The van der Waals surface area contributed by atoms with E-state index in [2.05, 4.69) is 13.8 Å². The van der Waals surface area contributed by atoms with Gasteiger partial charge in [0.2, 0.25) is 0 Å². The Bertz CT molecular complexity index is 147. The molecule has 1 N–H and O–H groups in total. The lowest BCUT2D eigenvalue weighted by molar-refractivity contribution is 0.181. The minimum absolute atomic E-state index is 0.489. The fourth-order valence-electron chi connectivity index (χ4n) is 1.53. The second-order valence-electron chi connectivity index (χ2n) is 3.50. The largest absolute Gasteiger partial charge is 0.379 e. The highest BCUT2D eigenvalue weighted by molar-refractivity contribution is 8.07. The number of rotatable bonds is 2. The second-order valence-corrected chi connectivity index (χ2v) is 6.45. The van der Waals surface area contributed by atoms with Crippen LogP contribution in [0, 0.1) is 0 Å². The Balaban J connectivity index is 2.53. The molecule has 1 nitrogen and oxygen atoms in total. The summed E-state index contributed by atoms with van der Waals surface area (Å²) in [6.45, 7) is 6.38. The molecule has 72 valence electrons. The molecule has 0 amide bonds. The molecule has 1 heterocycles. The predicted molar refractivity (Wildman–Crippen MR) is 58.8 cm³/mol. The van der Waals surface area contributed by atoms with E-state index in [4.69, 9.17) is 0 Å². The van der Waals surface area contributed by atoms with Crippen molar-refractivity contribution < 1.29 is 5.11 Å². The second kappa shape index (κ2) is 4.25. The Morgan fingerprint density at radius 1 is 1.33 bits per heavy atom. The van der Waals surface area contributed by atoms with Gasteiger partial charge < -0.3 is 5.11 Å². The molecule has 1 saturated heterocycles. The zero-order valence-electron chi connectivity index (χ0n) is 8.04.